The molecule has 1 aliphatic heterocycles. The summed E-state index contributed by atoms with van der Waals surface area (Å²) in [5.41, 5.74) is 2.29. The molecule has 2 rings (SSSR count). The van der Waals surface area contributed by atoms with Crippen molar-refractivity contribution in [1.29, 1.82) is 0 Å². The Morgan fingerprint density at radius 3 is 2.54 bits per heavy atom. The van der Waals surface area contributed by atoms with E-state index in [0.717, 1.165) is 24.1 Å². The molecule has 0 bridgehead atoms. The fourth-order valence-electron chi connectivity index (χ4n) is 3.14. The zero-order chi connectivity index (χ0) is 19.3. The molecule has 1 atom stereocenters. The molecule has 142 valence electrons. The zero-order valence-corrected chi connectivity index (χ0v) is 16.2. The van der Waals surface area contributed by atoms with Gasteiger partial charge in [0.25, 0.3) is 5.91 Å². The lowest BCUT2D eigenvalue weighted by molar-refractivity contribution is -0.133. The van der Waals surface area contributed by atoms with E-state index in [1.54, 1.807) is 22.9 Å². The summed E-state index contributed by atoms with van der Waals surface area (Å²) < 4.78 is 0. The largest absolute Gasteiger partial charge is 0.345 e. The van der Waals surface area contributed by atoms with Crippen molar-refractivity contribution in [2.24, 2.45) is 5.92 Å². The molecule has 1 unspecified atom stereocenters. The van der Waals surface area contributed by atoms with E-state index >= 15 is 0 Å². The second-order valence-corrected chi connectivity index (χ2v) is 7.03. The van der Waals surface area contributed by atoms with Gasteiger partial charge in [0.2, 0.25) is 11.8 Å². The quantitative estimate of drug-likeness (QED) is 0.813. The fraction of sp³-hybridized carbons (Fsp3) is 0.550. The van der Waals surface area contributed by atoms with Crippen molar-refractivity contribution in [3.05, 3.63) is 29.3 Å². The number of anilines is 1. The van der Waals surface area contributed by atoms with Crippen molar-refractivity contribution < 1.29 is 14.4 Å². The van der Waals surface area contributed by atoms with Gasteiger partial charge in [0, 0.05) is 50.8 Å². The van der Waals surface area contributed by atoms with Gasteiger partial charge in [0.05, 0.1) is 0 Å². The topological polar surface area (TPSA) is 69.7 Å². The highest BCUT2D eigenvalue weighted by molar-refractivity contribution is 6.01. The Labute approximate surface area is 155 Å². The molecule has 0 radical (unpaired) electrons. The molecule has 6 heteroatoms. The SMILES string of the molecule is CCC(C)C(=O)N(C)CCCN(C)C(=O)c1cccc2c1CCC(=O)N2. The normalized spacial score (nSPS) is 14.2. The van der Waals surface area contributed by atoms with Crippen LogP contribution >= 0.6 is 0 Å². The summed E-state index contributed by atoms with van der Waals surface area (Å²) in [6.45, 7) is 5.15. The van der Waals surface area contributed by atoms with Gasteiger partial charge in [-0.1, -0.05) is 19.9 Å². The molecule has 0 aliphatic carbocycles. The van der Waals surface area contributed by atoms with Crippen LogP contribution in [0, 0.1) is 5.92 Å². The molecule has 26 heavy (non-hydrogen) atoms. The highest BCUT2D eigenvalue weighted by atomic mass is 16.2. The monoisotopic (exact) mass is 359 g/mol. The van der Waals surface area contributed by atoms with Gasteiger partial charge in [-0.25, -0.2) is 0 Å². The van der Waals surface area contributed by atoms with Gasteiger partial charge < -0.3 is 15.1 Å². The van der Waals surface area contributed by atoms with E-state index in [9.17, 15) is 14.4 Å². The maximum Gasteiger partial charge on any atom is 0.253 e. The third-order valence-corrected chi connectivity index (χ3v) is 5.03. The number of amides is 3. The van der Waals surface area contributed by atoms with E-state index in [-0.39, 0.29) is 23.6 Å². The number of fused-ring (bicyclic) bond motifs is 1. The molecule has 1 aromatic carbocycles. The summed E-state index contributed by atoms with van der Waals surface area (Å²) in [4.78, 5) is 39.9. The molecule has 1 aromatic rings. The van der Waals surface area contributed by atoms with Crippen LogP contribution in [0.3, 0.4) is 0 Å². The molecular weight excluding hydrogens is 330 g/mol. The van der Waals surface area contributed by atoms with Gasteiger partial charge >= 0.3 is 0 Å². The van der Waals surface area contributed by atoms with Crippen LogP contribution in [0.25, 0.3) is 0 Å². The molecule has 1 heterocycles. The molecule has 1 aliphatic rings. The Bertz CT molecular complexity index is 687. The predicted molar refractivity (Wildman–Crippen MR) is 102 cm³/mol. The van der Waals surface area contributed by atoms with Crippen LogP contribution in [0.2, 0.25) is 0 Å². The lowest BCUT2D eigenvalue weighted by Crippen LogP contribution is -2.35. The van der Waals surface area contributed by atoms with E-state index in [4.69, 9.17) is 0 Å². The minimum atomic E-state index is -0.0473. The number of hydrogen-bond acceptors (Lipinski definition) is 3. The Kier molecular flexibility index (Phi) is 6.77. The van der Waals surface area contributed by atoms with Gasteiger partial charge in [-0.05, 0) is 37.0 Å². The number of nitrogens with one attached hydrogen (secondary N) is 1. The number of benzene rings is 1. The summed E-state index contributed by atoms with van der Waals surface area (Å²) in [6.07, 6.45) is 2.55. The Morgan fingerprint density at radius 2 is 1.85 bits per heavy atom. The summed E-state index contributed by atoms with van der Waals surface area (Å²) in [5.74, 6) is 0.123. The average molecular weight is 359 g/mol. The first-order valence-electron chi connectivity index (χ1n) is 9.27. The van der Waals surface area contributed by atoms with Gasteiger partial charge in [0.15, 0.2) is 0 Å². The van der Waals surface area contributed by atoms with Crippen LogP contribution < -0.4 is 5.32 Å². The minimum Gasteiger partial charge on any atom is -0.345 e. The van der Waals surface area contributed by atoms with Crippen molar-refractivity contribution in [3.63, 3.8) is 0 Å². The fourth-order valence-corrected chi connectivity index (χ4v) is 3.14. The zero-order valence-electron chi connectivity index (χ0n) is 16.2. The van der Waals surface area contributed by atoms with Crippen molar-refractivity contribution in [3.8, 4) is 0 Å². The van der Waals surface area contributed by atoms with Crippen LogP contribution in [0.1, 0.15) is 49.0 Å². The number of carbonyl (C=O) groups excluding carboxylic acids is 3. The molecule has 3 amide bonds. The van der Waals surface area contributed by atoms with E-state index in [1.165, 1.54) is 0 Å². The minimum absolute atomic E-state index is 0.00975. The molecule has 0 saturated heterocycles. The Hall–Kier alpha value is -2.37. The van der Waals surface area contributed by atoms with Crippen LogP contribution in [-0.2, 0) is 16.0 Å². The first-order chi connectivity index (χ1) is 12.3. The highest BCUT2D eigenvalue weighted by Gasteiger charge is 2.23. The van der Waals surface area contributed by atoms with Crippen molar-refractivity contribution >= 4 is 23.4 Å². The Balaban J connectivity index is 1.93. The molecule has 0 aromatic heterocycles. The molecule has 1 N–H and O–H groups in total. The molecule has 0 saturated carbocycles. The maximum atomic E-state index is 12.8. The Morgan fingerprint density at radius 1 is 1.15 bits per heavy atom. The van der Waals surface area contributed by atoms with Crippen LogP contribution in [0.4, 0.5) is 5.69 Å². The molecule has 0 spiro atoms. The first kappa shape index (κ1) is 19.9. The van der Waals surface area contributed by atoms with Gasteiger partial charge in [0.1, 0.15) is 0 Å². The standard InChI is InChI=1S/C20H29N3O3/c1-5-14(2)19(25)22(3)12-7-13-23(4)20(26)16-8-6-9-17-15(16)10-11-18(24)21-17/h6,8-9,14H,5,7,10-13H2,1-4H3,(H,21,24). The maximum absolute atomic E-state index is 12.8. The predicted octanol–water partition coefficient (Wildman–Crippen LogP) is 2.54. The van der Waals surface area contributed by atoms with E-state index < -0.39 is 0 Å². The molecular formula is C20H29N3O3. The van der Waals surface area contributed by atoms with E-state index in [2.05, 4.69) is 5.32 Å². The number of rotatable bonds is 7. The van der Waals surface area contributed by atoms with E-state index in [0.29, 0.717) is 31.5 Å². The van der Waals surface area contributed by atoms with Crippen molar-refractivity contribution in [2.75, 3.05) is 32.5 Å². The third-order valence-electron chi connectivity index (χ3n) is 5.03. The van der Waals surface area contributed by atoms with Crippen LogP contribution in [0.5, 0.6) is 0 Å². The first-order valence-corrected chi connectivity index (χ1v) is 9.27. The van der Waals surface area contributed by atoms with E-state index in [1.807, 2.05) is 33.0 Å². The number of hydrogen-bond donors (Lipinski definition) is 1. The number of nitrogens with zero attached hydrogens (tertiary/aromatic N) is 2. The van der Waals surface area contributed by atoms with Gasteiger partial charge in [-0.3, -0.25) is 14.4 Å². The molecule has 0 fully saturated rings. The van der Waals surface area contributed by atoms with Crippen LogP contribution in [-0.4, -0.2) is 54.7 Å². The second kappa shape index (κ2) is 8.83. The third kappa shape index (κ3) is 4.62. The highest BCUT2D eigenvalue weighted by Crippen LogP contribution is 2.26. The van der Waals surface area contributed by atoms with Crippen molar-refractivity contribution in [1.82, 2.24) is 9.80 Å². The smallest absolute Gasteiger partial charge is 0.253 e. The summed E-state index contributed by atoms with van der Waals surface area (Å²) in [6, 6.07) is 5.44. The summed E-state index contributed by atoms with van der Waals surface area (Å²) >= 11 is 0. The average Bonchev–Trinajstić information content (AvgIpc) is 2.65. The summed E-state index contributed by atoms with van der Waals surface area (Å²) in [5, 5.41) is 2.83. The van der Waals surface area contributed by atoms with Crippen molar-refractivity contribution in [2.45, 2.75) is 39.5 Å². The molecule has 6 nitrogen and oxygen atoms in total. The lowest BCUT2D eigenvalue weighted by Gasteiger charge is -2.24. The summed E-state index contributed by atoms with van der Waals surface area (Å²) in [7, 11) is 3.59. The van der Waals surface area contributed by atoms with Gasteiger partial charge in [-0.15, -0.1) is 0 Å². The lowest BCUT2D eigenvalue weighted by atomic mass is 9.96. The number of carbonyl (C=O) groups is 3. The van der Waals surface area contributed by atoms with Crippen LogP contribution in [0.15, 0.2) is 18.2 Å². The van der Waals surface area contributed by atoms with Gasteiger partial charge in [-0.2, -0.15) is 0 Å². The second-order valence-electron chi connectivity index (χ2n) is 7.03.